The number of nitrogens with zero attached hydrogens (tertiary/aromatic N) is 1. The SMILES string of the molecule is O=C(Nc1cccc2ncccc12)[C@H]1CCCCN1. The molecule has 1 aliphatic heterocycles. The summed E-state index contributed by atoms with van der Waals surface area (Å²) in [6, 6.07) is 9.58. The third-order valence-electron chi connectivity index (χ3n) is 3.53. The molecule has 1 amide bonds. The van der Waals surface area contributed by atoms with Crippen molar-refractivity contribution in [1.29, 1.82) is 0 Å². The number of aromatic nitrogens is 1. The molecular weight excluding hydrogens is 238 g/mol. The molecule has 2 aromatic rings. The van der Waals surface area contributed by atoms with E-state index in [0.29, 0.717) is 0 Å². The van der Waals surface area contributed by atoms with Crippen LogP contribution in [0.25, 0.3) is 10.9 Å². The van der Waals surface area contributed by atoms with Crippen LogP contribution in [0.15, 0.2) is 36.5 Å². The lowest BCUT2D eigenvalue weighted by molar-refractivity contribution is -0.118. The van der Waals surface area contributed by atoms with Crippen LogP contribution in [-0.4, -0.2) is 23.5 Å². The number of fused-ring (bicyclic) bond motifs is 1. The quantitative estimate of drug-likeness (QED) is 0.866. The molecule has 1 fully saturated rings. The smallest absolute Gasteiger partial charge is 0.241 e. The Morgan fingerprint density at radius 3 is 3.05 bits per heavy atom. The lowest BCUT2D eigenvalue weighted by Gasteiger charge is -2.22. The Hall–Kier alpha value is -1.94. The van der Waals surface area contributed by atoms with Gasteiger partial charge in [-0.15, -0.1) is 0 Å². The van der Waals surface area contributed by atoms with Gasteiger partial charge in [0.1, 0.15) is 0 Å². The van der Waals surface area contributed by atoms with E-state index in [4.69, 9.17) is 0 Å². The number of piperidine rings is 1. The van der Waals surface area contributed by atoms with Crippen molar-refractivity contribution in [3.63, 3.8) is 0 Å². The first-order valence-electron chi connectivity index (χ1n) is 6.72. The van der Waals surface area contributed by atoms with Crippen molar-refractivity contribution in [3.8, 4) is 0 Å². The zero-order valence-corrected chi connectivity index (χ0v) is 10.7. The number of carbonyl (C=O) groups is 1. The Labute approximate surface area is 112 Å². The molecule has 1 aromatic heterocycles. The molecule has 2 heterocycles. The second kappa shape index (κ2) is 5.36. The largest absolute Gasteiger partial charge is 0.324 e. The maximum atomic E-state index is 12.2. The van der Waals surface area contributed by atoms with Crippen LogP contribution in [0.3, 0.4) is 0 Å². The summed E-state index contributed by atoms with van der Waals surface area (Å²) in [5.41, 5.74) is 1.74. The molecule has 0 saturated carbocycles. The summed E-state index contributed by atoms with van der Waals surface area (Å²) in [6.07, 6.45) is 4.94. The molecule has 2 N–H and O–H groups in total. The van der Waals surface area contributed by atoms with Crippen LogP contribution < -0.4 is 10.6 Å². The van der Waals surface area contributed by atoms with E-state index in [-0.39, 0.29) is 11.9 Å². The Kier molecular flexibility index (Phi) is 3.42. The van der Waals surface area contributed by atoms with Crippen LogP contribution in [-0.2, 0) is 4.79 Å². The fraction of sp³-hybridized carbons (Fsp3) is 0.333. The van der Waals surface area contributed by atoms with Crippen molar-refractivity contribution >= 4 is 22.5 Å². The van der Waals surface area contributed by atoms with E-state index in [1.165, 1.54) is 0 Å². The molecule has 0 aliphatic carbocycles. The van der Waals surface area contributed by atoms with Crippen molar-refractivity contribution in [2.75, 3.05) is 11.9 Å². The predicted octanol–water partition coefficient (Wildman–Crippen LogP) is 2.32. The summed E-state index contributed by atoms with van der Waals surface area (Å²) in [6.45, 7) is 0.926. The molecule has 0 spiro atoms. The predicted molar refractivity (Wildman–Crippen MR) is 76.0 cm³/mol. The first kappa shape index (κ1) is 12.1. The standard InChI is InChI=1S/C15H17N3O/c19-15(14-6-1-2-9-17-14)18-13-8-3-7-12-11(13)5-4-10-16-12/h3-5,7-8,10,14,17H,1-2,6,9H2,(H,18,19)/t14-/m1/s1. The fourth-order valence-electron chi connectivity index (χ4n) is 2.51. The highest BCUT2D eigenvalue weighted by Crippen LogP contribution is 2.21. The van der Waals surface area contributed by atoms with Crippen LogP contribution >= 0.6 is 0 Å². The zero-order valence-electron chi connectivity index (χ0n) is 10.7. The van der Waals surface area contributed by atoms with Gasteiger partial charge in [-0.2, -0.15) is 0 Å². The average Bonchev–Trinajstić information content (AvgIpc) is 2.48. The second-order valence-corrected chi connectivity index (χ2v) is 4.87. The van der Waals surface area contributed by atoms with Gasteiger partial charge in [-0.25, -0.2) is 0 Å². The van der Waals surface area contributed by atoms with Gasteiger partial charge >= 0.3 is 0 Å². The summed E-state index contributed by atoms with van der Waals surface area (Å²) in [5.74, 6) is 0.0519. The molecule has 4 heteroatoms. The number of carbonyl (C=O) groups excluding carboxylic acids is 1. The van der Waals surface area contributed by atoms with E-state index in [0.717, 1.165) is 42.4 Å². The van der Waals surface area contributed by atoms with Gasteiger partial charge < -0.3 is 10.6 Å². The van der Waals surface area contributed by atoms with Gasteiger partial charge in [0.25, 0.3) is 0 Å². The highest BCUT2D eigenvalue weighted by molar-refractivity contribution is 6.02. The lowest BCUT2D eigenvalue weighted by atomic mass is 10.0. The number of benzene rings is 1. The first-order valence-corrected chi connectivity index (χ1v) is 6.72. The Bertz CT molecular complexity index is 585. The van der Waals surface area contributed by atoms with Crippen LogP contribution in [0, 0.1) is 0 Å². The van der Waals surface area contributed by atoms with Gasteiger partial charge in [0, 0.05) is 11.6 Å². The van der Waals surface area contributed by atoms with E-state index >= 15 is 0 Å². The van der Waals surface area contributed by atoms with Crippen molar-refractivity contribution in [1.82, 2.24) is 10.3 Å². The third kappa shape index (κ3) is 2.58. The molecule has 3 rings (SSSR count). The minimum atomic E-state index is -0.0688. The maximum Gasteiger partial charge on any atom is 0.241 e. The topological polar surface area (TPSA) is 54.0 Å². The fourth-order valence-corrected chi connectivity index (χ4v) is 2.51. The number of nitrogens with one attached hydrogen (secondary N) is 2. The average molecular weight is 255 g/mol. The molecule has 98 valence electrons. The van der Waals surface area contributed by atoms with Gasteiger partial charge in [-0.3, -0.25) is 9.78 Å². The van der Waals surface area contributed by atoms with Crippen molar-refractivity contribution in [2.24, 2.45) is 0 Å². The summed E-state index contributed by atoms with van der Waals surface area (Å²) in [5, 5.41) is 7.25. The van der Waals surface area contributed by atoms with Gasteiger partial charge in [0.15, 0.2) is 0 Å². The molecule has 0 bridgehead atoms. The Morgan fingerprint density at radius 2 is 2.21 bits per heavy atom. The Balaban J connectivity index is 1.82. The highest BCUT2D eigenvalue weighted by atomic mass is 16.2. The van der Waals surface area contributed by atoms with Gasteiger partial charge in [-0.05, 0) is 43.7 Å². The van der Waals surface area contributed by atoms with E-state index < -0.39 is 0 Å². The molecule has 1 aliphatic rings. The van der Waals surface area contributed by atoms with Gasteiger partial charge in [-0.1, -0.05) is 12.5 Å². The van der Waals surface area contributed by atoms with Crippen LogP contribution in [0.1, 0.15) is 19.3 Å². The first-order chi connectivity index (χ1) is 9.34. The lowest BCUT2D eigenvalue weighted by Crippen LogP contribution is -2.43. The summed E-state index contributed by atoms with van der Waals surface area (Å²) < 4.78 is 0. The van der Waals surface area contributed by atoms with Crippen molar-refractivity contribution in [2.45, 2.75) is 25.3 Å². The molecule has 0 radical (unpaired) electrons. The summed E-state index contributed by atoms with van der Waals surface area (Å²) >= 11 is 0. The maximum absolute atomic E-state index is 12.2. The molecule has 1 atom stereocenters. The number of rotatable bonds is 2. The number of anilines is 1. The molecule has 1 aromatic carbocycles. The van der Waals surface area contributed by atoms with E-state index in [1.54, 1.807) is 6.20 Å². The molecule has 1 saturated heterocycles. The number of hydrogen-bond acceptors (Lipinski definition) is 3. The van der Waals surface area contributed by atoms with Gasteiger partial charge in [0.05, 0.1) is 17.2 Å². The second-order valence-electron chi connectivity index (χ2n) is 4.87. The van der Waals surface area contributed by atoms with E-state index in [9.17, 15) is 4.79 Å². The van der Waals surface area contributed by atoms with Crippen molar-refractivity contribution < 1.29 is 4.79 Å². The number of hydrogen-bond donors (Lipinski definition) is 2. The van der Waals surface area contributed by atoms with E-state index in [2.05, 4.69) is 15.6 Å². The molecular formula is C15H17N3O. The molecule has 19 heavy (non-hydrogen) atoms. The highest BCUT2D eigenvalue weighted by Gasteiger charge is 2.20. The molecule has 0 unspecified atom stereocenters. The van der Waals surface area contributed by atoms with Gasteiger partial charge in [0.2, 0.25) is 5.91 Å². The Morgan fingerprint density at radius 1 is 1.26 bits per heavy atom. The van der Waals surface area contributed by atoms with Crippen molar-refractivity contribution in [3.05, 3.63) is 36.5 Å². The van der Waals surface area contributed by atoms with Crippen LogP contribution in [0.2, 0.25) is 0 Å². The number of amides is 1. The zero-order chi connectivity index (χ0) is 13.1. The van der Waals surface area contributed by atoms with E-state index in [1.807, 2.05) is 30.3 Å². The number of pyridine rings is 1. The summed E-state index contributed by atoms with van der Waals surface area (Å²) in [7, 11) is 0. The normalized spacial score (nSPS) is 19.3. The van der Waals surface area contributed by atoms with Crippen LogP contribution in [0.5, 0.6) is 0 Å². The summed E-state index contributed by atoms with van der Waals surface area (Å²) in [4.78, 5) is 16.5. The molecule has 4 nitrogen and oxygen atoms in total. The third-order valence-corrected chi connectivity index (χ3v) is 3.53. The minimum absolute atomic E-state index is 0.0519. The minimum Gasteiger partial charge on any atom is -0.324 e. The monoisotopic (exact) mass is 255 g/mol. The van der Waals surface area contributed by atoms with Crippen LogP contribution in [0.4, 0.5) is 5.69 Å².